The minimum absolute atomic E-state index is 1.22. The molecule has 0 radical (unpaired) electrons. The van der Waals surface area contributed by atoms with Crippen molar-refractivity contribution in [1.29, 1.82) is 0 Å². The lowest BCUT2D eigenvalue weighted by Gasteiger charge is -2.19. The molecule has 0 unspecified atom stereocenters. The third-order valence-corrected chi connectivity index (χ3v) is 12.2. The molecule has 0 aromatic heterocycles. The normalized spacial score (nSPS) is 11.9. The van der Waals surface area contributed by atoms with Crippen molar-refractivity contribution < 1.29 is 0 Å². The summed E-state index contributed by atoms with van der Waals surface area (Å²) in [6.07, 6.45) is 0. The molecule has 56 heavy (non-hydrogen) atoms. The van der Waals surface area contributed by atoms with Gasteiger partial charge in [0.05, 0.1) is 0 Å². The summed E-state index contributed by atoms with van der Waals surface area (Å²) in [5.74, 6) is 0. The Morgan fingerprint density at radius 1 is 0.161 bits per heavy atom. The fourth-order valence-electron chi connectivity index (χ4n) is 9.55. The van der Waals surface area contributed by atoms with Gasteiger partial charge in [-0.2, -0.15) is 0 Å². The molecule has 0 atom stereocenters. The Labute approximate surface area is 324 Å². The Kier molecular flexibility index (Phi) is 6.73. The van der Waals surface area contributed by atoms with E-state index in [1.54, 1.807) is 0 Å². The molecule has 0 aliphatic carbocycles. The van der Waals surface area contributed by atoms with Gasteiger partial charge in [-0.3, -0.25) is 0 Å². The van der Waals surface area contributed by atoms with Gasteiger partial charge < -0.3 is 0 Å². The van der Waals surface area contributed by atoms with Crippen LogP contribution in [0.3, 0.4) is 0 Å². The highest BCUT2D eigenvalue weighted by Gasteiger charge is 2.19. The van der Waals surface area contributed by atoms with E-state index < -0.39 is 0 Å². The summed E-state index contributed by atoms with van der Waals surface area (Å²) >= 11 is 0. The summed E-state index contributed by atoms with van der Waals surface area (Å²) in [5, 5.41) is 20.3. The fraction of sp³-hybridized carbons (Fsp3) is 0. The second-order valence-corrected chi connectivity index (χ2v) is 15.2. The molecule has 0 spiro atoms. The van der Waals surface area contributed by atoms with E-state index in [-0.39, 0.29) is 0 Å². The van der Waals surface area contributed by atoms with Crippen molar-refractivity contribution in [2.24, 2.45) is 0 Å². The Bertz CT molecular complexity index is 3590. The van der Waals surface area contributed by atoms with Crippen LogP contribution >= 0.6 is 0 Å². The fourth-order valence-corrected chi connectivity index (χ4v) is 9.55. The van der Waals surface area contributed by atoms with Gasteiger partial charge in [0.15, 0.2) is 0 Å². The maximum absolute atomic E-state index is 2.49. The first kappa shape index (κ1) is 31.1. The molecule has 0 nitrogen and oxygen atoms in total. The predicted octanol–water partition coefficient (Wildman–Crippen LogP) is 15.9. The number of fused-ring (bicyclic) bond motifs is 12. The maximum Gasteiger partial charge on any atom is -0.00921 e. The molecule has 0 saturated carbocycles. The van der Waals surface area contributed by atoms with E-state index in [9.17, 15) is 0 Å². The molecule has 0 amide bonds. The Hall–Kier alpha value is -7.28. The van der Waals surface area contributed by atoms with Crippen molar-refractivity contribution >= 4 is 86.2 Å². The van der Waals surface area contributed by atoms with E-state index in [4.69, 9.17) is 0 Å². The van der Waals surface area contributed by atoms with Crippen molar-refractivity contribution in [2.75, 3.05) is 0 Å². The summed E-state index contributed by atoms with van der Waals surface area (Å²) < 4.78 is 0. The number of hydrogen-bond donors (Lipinski definition) is 0. The number of rotatable bonds is 3. The molecule has 0 saturated heterocycles. The summed E-state index contributed by atoms with van der Waals surface area (Å²) in [6.45, 7) is 0. The van der Waals surface area contributed by atoms with Crippen LogP contribution in [-0.4, -0.2) is 0 Å². The van der Waals surface area contributed by atoms with Crippen LogP contribution < -0.4 is 0 Å². The standard InChI is InChI=1S/C56H34/c1-2-14-36-29-37(26-25-35(36)13-1)38-27-28-49-50(30-38)56(52-32-40-16-4-6-18-42(40)44-20-8-10-22-46(44)52)34-54-48-24-12-11-23-47(48)53(33-55(49)54)51-31-39-15-3-5-17-41(39)43-19-7-9-21-45(43)51/h1-34H. The molecule has 0 heteroatoms. The van der Waals surface area contributed by atoms with Gasteiger partial charge in [-0.15, -0.1) is 0 Å². The Morgan fingerprint density at radius 3 is 1.07 bits per heavy atom. The van der Waals surface area contributed by atoms with E-state index >= 15 is 0 Å². The van der Waals surface area contributed by atoms with Gasteiger partial charge in [0.25, 0.3) is 0 Å². The molecule has 0 aliphatic rings. The summed E-state index contributed by atoms with van der Waals surface area (Å²) in [4.78, 5) is 0. The molecular formula is C56H34. The van der Waals surface area contributed by atoms with Gasteiger partial charge in [0.1, 0.15) is 0 Å². The van der Waals surface area contributed by atoms with E-state index in [2.05, 4.69) is 206 Å². The van der Waals surface area contributed by atoms with Gasteiger partial charge in [-0.05, 0) is 156 Å². The molecule has 12 rings (SSSR count). The molecular weight excluding hydrogens is 673 g/mol. The zero-order chi connectivity index (χ0) is 36.7. The third-order valence-electron chi connectivity index (χ3n) is 12.2. The summed E-state index contributed by atoms with van der Waals surface area (Å²) in [5.41, 5.74) is 7.49. The lowest BCUT2D eigenvalue weighted by molar-refractivity contribution is 1.67. The van der Waals surface area contributed by atoms with Gasteiger partial charge >= 0.3 is 0 Å². The maximum atomic E-state index is 2.49. The number of benzene rings is 12. The first-order chi connectivity index (χ1) is 27.8. The molecule has 12 aromatic rings. The van der Waals surface area contributed by atoms with Crippen molar-refractivity contribution in [3.05, 3.63) is 206 Å². The summed E-state index contributed by atoms with van der Waals surface area (Å²) in [6, 6.07) is 76.9. The van der Waals surface area contributed by atoms with Crippen LogP contribution in [0, 0.1) is 0 Å². The Balaban J connectivity index is 1.23. The molecule has 0 heterocycles. The second kappa shape index (κ2) is 12.1. The Morgan fingerprint density at radius 2 is 0.518 bits per heavy atom. The molecule has 0 fully saturated rings. The first-order valence-electron chi connectivity index (χ1n) is 19.5. The van der Waals surface area contributed by atoms with E-state index in [1.807, 2.05) is 0 Å². The number of hydrogen-bond acceptors (Lipinski definition) is 0. The van der Waals surface area contributed by atoms with Crippen molar-refractivity contribution in [1.82, 2.24) is 0 Å². The lowest BCUT2D eigenvalue weighted by atomic mass is 9.84. The largest absolute Gasteiger partial charge is 0.0616 e. The summed E-state index contributed by atoms with van der Waals surface area (Å²) in [7, 11) is 0. The highest BCUT2D eigenvalue weighted by atomic mass is 14.2. The average molecular weight is 707 g/mol. The van der Waals surface area contributed by atoms with Crippen LogP contribution in [0.1, 0.15) is 0 Å². The van der Waals surface area contributed by atoms with E-state index in [0.29, 0.717) is 0 Å². The van der Waals surface area contributed by atoms with Crippen LogP contribution in [0.15, 0.2) is 206 Å². The van der Waals surface area contributed by atoms with Crippen LogP contribution in [0.25, 0.3) is 120 Å². The highest BCUT2D eigenvalue weighted by Crippen LogP contribution is 2.47. The van der Waals surface area contributed by atoms with Crippen molar-refractivity contribution in [3.63, 3.8) is 0 Å². The first-order valence-corrected chi connectivity index (χ1v) is 19.5. The lowest BCUT2D eigenvalue weighted by Crippen LogP contribution is -1.92. The zero-order valence-electron chi connectivity index (χ0n) is 30.6. The molecule has 12 aromatic carbocycles. The highest BCUT2D eigenvalue weighted by molar-refractivity contribution is 6.27. The van der Waals surface area contributed by atoms with Crippen molar-refractivity contribution in [3.8, 4) is 33.4 Å². The quantitative estimate of drug-likeness (QED) is 0.160. The monoisotopic (exact) mass is 706 g/mol. The average Bonchev–Trinajstić information content (AvgIpc) is 3.27. The van der Waals surface area contributed by atoms with Gasteiger partial charge in [0, 0.05) is 0 Å². The smallest absolute Gasteiger partial charge is 0.00921 e. The minimum atomic E-state index is 1.22. The third kappa shape index (κ3) is 4.66. The minimum Gasteiger partial charge on any atom is -0.0616 e. The predicted molar refractivity (Wildman–Crippen MR) is 243 cm³/mol. The van der Waals surface area contributed by atoms with Crippen LogP contribution in [0.4, 0.5) is 0 Å². The van der Waals surface area contributed by atoms with Crippen LogP contribution in [0.5, 0.6) is 0 Å². The molecule has 0 N–H and O–H groups in total. The molecule has 0 bridgehead atoms. The van der Waals surface area contributed by atoms with Gasteiger partial charge in [-0.1, -0.05) is 170 Å². The molecule has 0 aliphatic heterocycles. The topological polar surface area (TPSA) is 0 Å². The van der Waals surface area contributed by atoms with Gasteiger partial charge in [-0.25, -0.2) is 0 Å². The van der Waals surface area contributed by atoms with Gasteiger partial charge in [0.2, 0.25) is 0 Å². The zero-order valence-corrected chi connectivity index (χ0v) is 30.6. The van der Waals surface area contributed by atoms with Crippen LogP contribution in [0.2, 0.25) is 0 Å². The van der Waals surface area contributed by atoms with Crippen molar-refractivity contribution in [2.45, 2.75) is 0 Å². The van der Waals surface area contributed by atoms with Crippen LogP contribution in [-0.2, 0) is 0 Å². The van der Waals surface area contributed by atoms with E-state index in [1.165, 1.54) is 120 Å². The second-order valence-electron chi connectivity index (χ2n) is 15.2. The SMILES string of the molecule is c1ccc2cc(-c3ccc4c(c3)c(-c3cc5ccccc5c5ccccc35)cc3c5ccccc5c(-c5cc6ccccc6c6ccccc56)cc43)ccc2c1. The van der Waals surface area contributed by atoms with E-state index in [0.717, 1.165) is 0 Å². The molecule has 258 valence electrons.